The van der Waals surface area contributed by atoms with Crippen molar-refractivity contribution in [2.75, 3.05) is 39.3 Å². The van der Waals surface area contributed by atoms with Gasteiger partial charge in [0.05, 0.1) is 24.6 Å². The number of anilines is 1. The highest BCUT2D eigenvalue weighted by molar-refractivity contribution is 5.30. The highest BCUT2D eigenvalue weighted by atomic mass is 16.5. The van der Waals surface area contributed by atoms with Crippen molar-refractivity contribution in [2.24, 2.45) is 7.05 Å². The van der Waals surface area contributed by atoms with Gasteiger partial charge in [0.15, 0.2) is 0 Å². The first-order valence-electron chi connectivity index (χ1n) is 6.12. The topological polar surface area (TPSA) is 62.6 Å². The molecule has 0 saturated carbocycles. The number of imidazole rings is 1. The van der Waals surface area contributed by atoms with Crippen molar-refractivity contribution in [3.05, 3.63) is 11.9 Å². The number of nitrogens with one attached hydrogen (secondary N) is 1. The lowest BCUT2D eigenvalue weighted by molar-refractivity contribution is 0.0594. The molecule has 6 heteroatoms. The van der Waals surface area contributed by atoms with Crippen LogP contribution in [0, 0.1) is 0 Å². The Bertz CT molecular complexity index is 352. The number of nitrogens with zero attached hydrogens (tertiary/aromatic N) is 3. The number of aliphatic hydroxyl groups excluding tert-OH is 1. The second-order valence-corrected chi connectivity index (χ2v) is 4.58. The molecule has 6 nitrogen and oxygen atoms in total. The van der Waals surface area contributed by atoms with Gasteiger partial charge < -0.3 is 24.6 Å². The van der Waals surface area contributed by atoms with Gasteiger partial charge >= 0.3 is 0 Å². The van der Waals surface area contributed by atoms with Crippen LogP contribution in [0.1, 0.15) is 12.1 Å². The zero-order valence-electron chi connectivity index (χ0n) is 11.7. The third-order valence-electron chi connectivity index (χ3n) is 2.78. The maximum atomic E-state index is 9.49. The first-order chi connectivity index (χ1) is 8.56. The third kappa shape index (κ3) is 4.29. The summed E-state index contributed by atoms with van der Waals surface area (Å²) in [5, 5.41) is 12.8. The van der Waals surface area contributed by atoms with E-state index in [9.17, 15) is 5.11 Å². The summed E-state index contributed by atoms with van der Waals surface area (Å²) in [4.78, 5) is 6.32. The Morgan fingerprint density at radius 2 is 2.28 bits per heavy atom. The van der Waals surface area contributed by atoms with Crippen molar-refractivity contribution in [1.29, 1.82) is 0 Å². The Kier molecular flexibility index (Phi) is 6.11. The van der Waals surface area contributed by atoms with Gasteiger partial charge in [0.25, 0.3) is 0 Å². The van der Waals surface area contributed by atoms with Gasteiger partial charge in [-0.05, 0) is 13.0 Å². The van der Waals surface area contributed by atoms with Crippen molar-refractivity contribution in [2.45, 2.75) is 19.1 Å². The second kappa shape index (κ2) is 7.35. The first-order valence-corrected chi connectivity index (χ1v) is 6.12. The average molecular weight is 256 g/mol. The molecule has 0 amide bonds. The van der Waals surface area contributed by atoms with Crippen LogP contribution < -0.4 is 10.2 Å². The van der Waals surface area contributed by atoms with Crippen LogP contribution in [0.3, 0.4) is 0 Å². The third-order valence-corrected chi connectivity index (χ3v) is 2.78. The lowest BCUT2D eigenvalue weighted by Gasteiger charge is -2.13. The normalized spacial score (nSPS) is 12.7. The number of ether oxygens (including phenoxy) is 1. The van der Waals surface area contributed by atoms with Crippen LogP contribution in [0.15, 0.2) is 6.20 Å². The van der Waals surface area contributed by atoms with Crippen LogP contribution in [-0.2, 0) is 18.3 Å². The zero-order valence-corrected chi connectivity index (χ0v) is 11.7. The fourth-order valence-electron chi connectivity index (χ4n) is 1.77. The van der Waals surface area contributed by atoms with E-state index < -0.39 is 6.10 Å². The molecule has 1 atom stereocenters. The minimum atomic E-state index is -0.397. The Morgan fingerprint density at radius 1 is 1.56 bits per heavy atom. The molecule has 0 aliphatic heterocycles. The van der Waals surface area contributed by atoms with E-state index >= 15 is 0 Å². The summed E-state index contributed by atoms with van der Waals surface area (Å²) >= 11 is 0. The van der Waals surface area contributed by atoms with E-state index in [1.807, 2.05) is 32.2 Å². The molecule has 1 rings (SSSR count). The average Bonchev–Trinajstić information content (AvgIpc) is 2.67. The summed E-state index contributed by atoms with van der Waals surface area (Å²) in [7, 11) is 7.54. The maximum absolute atomic E-state index is 9.49. The van der Waals surface area contributed by atoms with E-state index in [0.29, 0.717) is 13.0 Å². The van der Waals surface area contributed by atoms with E-state index in [-0.39, 0.29) is 0 Å². The zero-order chi connectivity index (χ0) is 13.5. The number of hydrogen-bond donors (Lipinski definition) is 2. The molecule has 0 bridgehead atoms. The van der Waals surface area contributed by atoms with E-state index in [4.69, 9.17) is 4.74 Å². The summed E-state index contributed by atoms with van der Waals surface area (Å²) in [6.45, 7) is 1.89. The molecule has 0 radical (unpaired) electrons. The van der Waals surface area contributed by atoms with Gasteiger partial charge in [-0.2, -0.15) is 0 Å². The van der Waals surface area contributed by atoms with Crippen molar-refractivity contribution < 1.29 is 9.84 Å². The van der Waals surface area contributed by atoms with Crippen LogP contribution in [-0.4, -0.2) is 55.1 Å². The molecule has 104 valence electrons. The monoisotopic (exact) mass is 256 g/mol. The summed E-state index contributed by atoms with van der Waals surface area (Å²) in [6, 6.07) is 0. The van der Waals surface area contributed by atoms with Crippen LogP contribution >= 0.6 is 0 Å². The molecule has 1 aromatic rings. The Balaban J connectivity index is 2.31. The van der Waals surface area contributed by atoms with E-state index in [0.717, 1.165) is 24.7 Å². The highest BCUT2D eigenvalue weighted by Crippen LogP contribution is 2.10. The fourth-order valence-corrected chi connectivity index (χ4v) is 1.77. The number of aliphatic hydroxyl groups is 1. The lowest BCUT2D eigenvalue weighted by Crippen LogP contribution is -2.24. The summed E-state index contributed by atoms with van der Waals surface area (Å²) in [6.07, 6.45) is 2.16. The number of aromatic nitrogens is 2. The quantitative estimate of drug-likeness (QED) is 0.640. The van der Waals surface area contributed by atoms with Crippen LogP contribution in [0.2, 0.25) is 0 Å². The minimum Gasteiger partial charge on any atom is -0.391 e. The van der Waals surface area contributed by atoms with Crippen LogP contribution in [0.5, 0.6) is 0 Å². The molecule has 0 aliphatic rings. The van der Waals surface area contributed by atoms with Gasteiger partial charge in [0.2, 0.25) is 5.95 Å². The van der Waals surface area contributed by atoms with Gasteiger partial charge in [0, 0.05) is 34.8 Å². The van der Waals surface area contributed by atoms with Gasteiger partial charge in [-0.3, -0.25) is 0 Å². The lowest BCUT2D eigenvalue weighted by atomic mass is 10.2. The number of methoxy groups -OCH3 is 1. The number of hydrogen-bond acceptors (Lipinski definition) is 5. The molecule has 0 aliphatic carbocycles. The summed E-state index contributed by atoms with van der Waals surface area (Å²) in [5.74, 6) is 0.936. The number of rotatable bonds is 8. The van der Waals surface area contributed by atoms with Crippen molar-refractivity contribution in [3.8, 4) is 0 Å². The highest BCUT2D eigenvalue weighted by Gasteiger charge is 2.08. The molecule has 0 spiro atoms. The van der Waals surface area contributed by atoms with Crippen LogP contribution in [0.25, 0.3) is 0 Å². The van der Waals surface area contributed by atoms with Gasteiger partial charge in [0.1, 0.15) is 0 Å². The van der Waals surface area contributed by atoms with Crippen LogP contribution in [0.4, 0.5) is 5.95 Å². The molecular weight excluding hydrogens is 232 g/mol. The molecule has 18 heavy (non-hydrogen) atoms. The first kappa shape index (κ1) is 14.9. The SMILES string of the molecule is COCC(O)CCNCc1cnc(N(C)C)n1C. The molecule has 0 saturated heterocycles. The van der Waals surface area contributed by atoms with Crippen molar-refractivity contribution >= 4 is 5.95 Å². The predicted molar refractivity (Wildman–Crippen MR) is 71.7 cm³/mol. The Hall–Kier alpha value is -1.11. The maximum Gasteiger partial charge on any atom is 0.204 e. The smallest absolute Gasteiger partial charge is 0.204 e. The molecule has 1 heterocycles. The molecule has 2 N–H and O–H groups in total. The van der Waals surface area contributed by atoms with Gasteiger partial charge in [-0.25, -0.2) is 4.98 Å². The predicted octanol–water partition coefficient (Wildman–Crippen LogP) is -0.0269. The standard InChI is InChI=1S/C12H24N4O2/c1-15(2)12-14-8-10(16(12)3)7-13-6-5-11(17)9-18-4/h8,11,13,17H,5-7,9H2,1-4H3. The van der Waals surface area contributed by atoms with Crippen molar-refractivity contribution in [3.63, 3.8) is 0 Å². The minimum absolute atomic E-state index is 0.387. The Morgan fingerprint density at radius 3 is 2.83 bits per heavy atom. The molecule has 1 unspecified atom stereocenters. The van der Waals surface area contributed by atoms with E-state index in [1.165, 1.54) is 0 Å². The van der Waals surface area contributed by atoms with Gasteiger partial charge in [-0.1, -0.05) is 0 Å². The summed E-state index contributed by atoms with van der Waals surface area (Å²) < 4.78 is 6.92. The molecule has 0 aromatic carbocycles. The molecule has 1 aromatic heterocycles. The van der Waals surface area contributed by atoms with Gasteiger partial charge in [-0.15, -0.1) is 0 Å². The van der Waals surface area contributed by atoms with E-state index in [2.05, 4.69) is 14.9 Å². The van der Waals surface area contributed by atoms with Crippen molar-refractivity contribution in [1.82, 2.24) is 14.9 Å². The van der Waals surface area contributed by atoms with E-state index in [1.54, 1.807) is 7.11 Å². The molecular formula is C12H24N4O2. The largest absolute Gasteiger partial charge is 0.391 e. The summed E-state index contributed by atoms with van der Waals surface area (Å²) in [5.41, 5.74) is 1.12. The molecule has 0 fully saturated rings. The second-order valence-electron chi connectivity index (χ2n) is 4.58. The Labute approximate surface area is 109 Å². The fraction of sp³-hybridized carbons (Fsp3) is 0.750.